The second kappa shape index (κ2) is 10.6. The third-order valence-corrected chi connectivity index (χ3v) is 2.79. The SMILES string of the molecule is CC.CC(CC(=O)NC(N)=O)C(=O)NCc1cccc(Cl)c1. The topological polar surface area (TPSA) is 101 Å². The standard InChI is InChI=1S/C13H16ClN3O3.C2H6/c1-8(5-11(18)17-13(15)20)12(19)16-7-9-3-2-4-10(14)6-9;1-2/h2-4,6,8H,5,7H2,1H3,(H,16,19)(H3,15,17,18,20);1-2H3. The molecule has 0 aliphatic carbocycles. The van der Waals surface area contributed by atoms with Gasteiger partial charge in [-0.15, -0.1) is 0 Å². The van der Waals surface area contributed by atoms with Gasteiger partial charge in [-0.05, 0) is 17.7 Å². The van der Waals surface area contributed by atoms with Crippen molar-refractivity contribution in [2.45, 2.75) is 33.7 Å². The molecule has 0 bridgehead atoms. The summed E-state index contributed by atoms with van der Waals surface area (Å²) in [4.78, 5) is 33.5. The highest BCUT2D eigenvalue weighted by molar-refractivity contribution is 6.30. The van der Waals surface area contributed by atoms with E-state index in [1.165, 1.54) is 0 Å². The molecule has 1 rings (SSSR count). The van der Waals surface area contributed by atoms with Crippen LogP contribution in [-0.2, 0) is 16.1 Å². The first kappa shape index (κ1) is 19.9. The molecule has 0 aliphatic heterocycles. The van der Waals surface area contributed by atoms with Gasteiger partial charge in [0.1, 0.15) is 0 Å². The molecule has 0 radical (unpaired) electrons. The highest BCUT2D eigenvalue weighted by Gasteiger charge is 2.17. The van der Waals surface area contributed by atoms with Crippen LogP contribution in [0.1, 0.15) is 32.8 Å². The highest BCUT2D eigenvalue weighted by Crippen LogP contribution is 2.10. The number of hydrogen-bond acceptors (Lipinski definition) is 3. The number of urea groups is 1. The molecule has 0 heterocycles. The third kappa shape index (κ3) is 8.26. The zero-order valence-corrected chi connectivity index (χ0v) is 13.7. The number of benzene rings is 1. The molecule has 1 aromatic carbocycles. The molecule has 1 unspecified atom stereocenters. The van der Waals surface area contributed by atoms with Crippen LogP contribution in [0.15, 0.2) is 24.3 Å². The number of nitrogens with one attached hydrogen (secondary N) is 2. The summed E-state index contributed by atoms with van der Waals surface area (Å²) in [5.41, 5.74) is 5.67. The normalized spacial score (nSPS) is 10.7. The summed E-state index contributed by atoms with van der Waals surface area (Å²) < 4.78 is 0. The lowest BCUT2D eigenvalue weighted by Gasteiger charge is -2.11. The molecule has 22 heavy (non-hydrogen) atoms. The lowest BCUT2D eigenvalue weighted by atomic mass is 10.1. The molecule has 6 nitrogen and oxygen atoms in total. The van der Waals surface area contributed by atoms with Gasteiger partial charge >= 0.3 is 6.03 Å². The Morgan fingerprint density at radius 3 is 2.45 bits per heavy atom. The lowest BCUT2D eigenvalue weighted by Crippen LogP contribution is -2.38. The Balaban J connectivity index is 0.00000211. The summed E-state index contributed by atoms with van der Waals surface area (Å²) >= 11 is 5.83. The number of imide groups is 1. The van der Waals surface area contributed by atoms with Crippen molar-refractivity contribution in [1.29, 1.82) is 0 Å². The van der Waals surface area contributed by atoms with E-state index in [-0.39, 0.29) is 12.3 Å². The van der Waals surface area contributed by atoms with Gasteiger partial charge in [0.2, 0.25) is 11.8 Å². The van der Waals surface area contributed by atoms with E-state index in [1.807, 2.05) is 25.2 Å². The fourth-order valence-electron chi connectivity index (χ4n) is 1.57. The minimum Gasteiger partial charge on any atom is -0.352 e. The Bertz CT molecular complexity index is 521. The van der Waals surface area contributed by atoms with E-state index in [2.05, 4.69) is 5.32 Å². The smallest absolute Gasteiger partial charge is 0.318 e. The third-order valence-electron chi connectivity index (χ3n) is 2.56. The molecule has 7 heteroatoms. The van der Waals surface area contributed by atoms with Crippen LogP contribution in [0.3, 0.4) is 0 Å². The minimum atomic E-state index is -0.929. The van der Waals surface area contributed by atoms with Crippen molar-refractivity contribution >= 4 is 29.4 Å². The lowest BCUT2D eigenvalue weighted by molar-refractivity contribution is -0.129. The molecule has 4 amide bonds. The maximum Gasteiger partial charge on any atom is 0.318 e. The first-order valence-electron chi connectivity index (χ1n) is 7.00. The molecular formula is C15H22ClN3O3. The molecule has 0 aromatic heterocycles. The summed E-state index contributed by atoms with van der Waals surface area (Å²) in [6, 6.07) is 6.17. The van der Waals surface area contributed by atoms with Crippen LogP contribution < -0.4 is 16.4 Å². The summed E-state index contributed by atoms with van der Waals surface area (Å²) in [5, 5.41) is 5.19. The van der Waals surface area contributed by atoms with E-state index in [9.17, 15) is 14.4 Å². The van der Waals surface area contributed by atoms with Gasteiger partial charge in [0.15, 0.2) is 0 Å². The van der Waals surface area contributed by atoms with Crippen LogP contribution in [0.25, 0.3) is 0 Å². The minimum absolute atomic E-state index is 0.107. The Labute approximate surface area is 135 Å². The number of hydrogen-bond donors (Lipinski definition) is 3. The Morgan fingerprint density at radius 2 is 1.91 bits per heavy atom. The maximum absolute atomic E-state index is 11.8. The van der Waals surface area contributed by atoms with Crippen LogP contribution in [0.2, 0.25) is 5.02 Å². The molecule has 0 fully saturated rings. The molecule has 0 saturated heterocycles. The van der Waals surface area contributed by atoms with E-state index in [0.717, 1.165) is 5.56 Å². The van der Waals surface area contributed by atoms with Crippen molar-refractivity contribution in [3.63, 3.8) is 0 Å². The molecular weight excluding hydrogens is 306 g/mol. The van der Waals surface area contributed by atoms with Gasteiger partial charge in [0.05, 0.1) is 0 Å². The number of carbonyl (C=O) groups is 3. The summed E-state index contributed by atoms with van der Waals surface area (Å²) in [6.07, 6.45) is -0.107. The van der Waals surface area contributed by atoms with Gasteiger partial charge < -0.3 is 11.1 Å². The van der Waals surface area contributed by atoms with Crippen LogP contribution in [0, 0.1) is 5.92 Å². The van der Waals surface area contributed by atoms with E-state index in [1.54, 1.807) is 25.1 Å². The number of carbonyl (C=O) groups excluding carboxylic acids is 3. The van der Waals surface area contributed by atoms with Crippen LogP contribution in [-0.4, -0.2) is 17.8 Å². The van der Waals surface area contributed by atoms with Gasteiger partial charge in [0, 0.05) is 23.9 Å². The summed E-state index contributed by atoms with van der Waals surface area (Å²) in [7, 11) is 0. The molecule has 4 N–H and O–H groups in total. The predicted molar refractivity (Wildman–Crippen MR) is 86.2 cm³/mol. The van der Waals surface area contributed by atoms with E-state index >= 15 is 0 Å². The van der Waals surface area contributed by atoms with Crippen molar-refractivity contribution in [2.75, 3.05) is 0 Å². The van der Waals surface area contributed by atoms with Gasteiger partial charge in [-0.1, -0.05) is 44.5 Å². The quantitative estimate of drug-likeness (QED) is 0.772. The Morgan fingerprint density at radius 1 is 1.27 bits per heavy atom. The molecule has 122 valence electrons. The molecule has 0 aliphatic rings. The first-order valence-corrected chi connectivity index (χ1v) is 7.37. The first-order chi connectivity index (χ1) is 10.4. The maximum atomic E-state index is 11.8. The Hall–Kier alpha value is -2.08. The number of nitrogens with two attached hydrogens (primary N) is 1. The van der Waals surface area contributed by atoms with Crippen molar-refractivity contribution in [1.82, 2.24) is 10.6 Å². The number of amides is 4. The molecule has 1 atom stereocenters. The highest BCUT2D eigenvalue weighted by atomic mass is 35.5. The summed E-state index contributed by atoms with van der Waals surface area (Å²) in [6.45, 7) is 5.91. The average molecular weight is 328 g/mol. The van der Waals surface area contributed by atoms with E-state index in [0.29, 0.717) is 11.6 Å². The van der Waals surface area contributed by atoms with Crippen LogP contribution in [0.4, 0.5) is 4.79 Å². The van der Waals surface area contributed by atoms with Crippen molar-refractivity contribution in [3.05, 3.63) is 34.9 Å². The van der Waals surface area contributed by atoms with Crippen molar-refractivity contribution in [3.8, 4) is 0 Å². The number of halogens is 1. The second-order valence-corrected chi connectivity index (χ2v) is 4.80. The second-order valence-electron chi connectivity index (χ2n) is 4.37. The van der Waals surface area contributed by atoms with E-state index in [4.69, 9.17) is 17.3 Å². The van der Waals surface area contributed by atoms with Crippen molar-refractivity contribution in [2.24, 2.45) is 11.7 Å². The average Bonchev–Trinajstić information content (AvgIpc) is 2.46. The van der Waals surface area contributed by atoms with Gasteiger partial charge in [0.25, 0.3) is 0 Å². The fraction of sp³-hybridized carbons (Fsp3) is 0.400. The van der Waals surface area contributed by atoms with E-state index < -0.39 is 17.9 Å². The van der Waals surface area contributed by atoms with Crippen LogP contribution >= 0.6 is 11.6 Å². The number of primary amides is 1. The van der Waals surface area contributed by atoms with Gasteiger partial charge in [-0.25, -0.2) is 4.79 Å². The zero-order valence-electron chi connectivity index (χ0n) is 13.0. The summed E-state index contributed by atoms with van der Waals surface area (Å²) in [5.74, 6) is -1.43. The largest absolute Gasteiger partial charge is 0.352 e. The predicted octanol–water partition coefficient (Wildman–Crippen LogP) is 2.20. The zero-order chi connectivity index (χ0) is 17.1. The van der Waals surface area contributed by atoms with Gasteiger partial charge in [-0.2, -0.15) is 0 Å². The molecule has 1 aromatic rings. The van der Waals surface area contributed by atoms with Crippen molar-refractivity contribution < 1.29 is 14.4 Å². The Kier molecular flexibility index (Phi) is 9.61. The fourth-order valence-corrected chi connectivity index (χ4v) is 1.78. The van der Waals surface area contributed by atoms with Gasteiger partial charge in [-0.3, -0.25) is 14.9 Å². The molecule has 0 saturated carbocycles. The monoisotopic (exact) mass is 327 g/mol. The number of rotatable bonds is 5. The van der Waals surface area contributed by atoms with Crippen LogP contribution in [0.5, 0.6) is 0 Å². The molecule has 0 spiro atoms.